The summed E-state index contributed by atoms with van der Waals surface area (Å²) in [4.78, 5) is 21.6. The van der Waals surface area contributed by atoms with Crippen LogP contribution in [0.5, 0.6) is 0 Å². The molecule has 0 fully saturated rings. The molecular weight excluding hydrogens is 240 g/mol. The first-order chi connectivity index (χ1) is 9.06. The number of benzene rings is 2. The standard InChI is InChI=1S/C15H16N2O2/c1-10-2-4-13-9-11(3-5-12(13)8-10)6-7-17-15(19)14(16)18/h2-5,8-9H,6-7H2,1H3,(H2,16,18)(H,17,19). The number of hydrogen-bond donors (Lipinski definition) is 2. The van der Waals surface area contributed by atoms with Gasteiger partial charge in [-0.1, -0.05) is 42.0 Å². The quantitative estimate of drug-likeness (QED) is 0.812. The highest BCUT2D eigenvalue weighted by molar-refractivity contribution is 6.34. The van der Waals surface area contributed by atoms with Crippen molar-refractivity contribution in [1.29, 1.82) is 0 Å². The van der Waals surface area contributed by atoms with Gasteiger partial charge in [-0.3, -0.25) is 9.59 Å². The van der Waals surface area contributed by atoms with Crippen molar-refractivity contribution in [2.45, 2.75) is 13.3 Å². The second kappa shape index (κ2) is 5.52. The average molecular weight is 256 g/mol. The summed E-state index contributed by atoms with van der Waals surface area (Å²) < 4.78 is 0. The van der Waals surface area contributed by atoms with E-state index in [-0.39, 0.29) is 0 Å². The van der Waals surface area contributed by atoms with Crippen molar-refractivity contribution in [3.8, 4) is 0 Å². The molecule has 98 valence electrons. The third kappa shape index (κ3) is 3.31. The Kier molecular flexibility index (Phi) is 3.80. The molecular formula is C15H16N2O2. The lowest BCUT2D eigenvalue weighted by atomic mass is 10.0. The average Bonchev–Trinajstić information content (AvgIpc) is 2.38. The first-order valence-electron chi connectivity index (χ1n) is 6.13. The van der Waals surface area contributed by atoms with E-state index in [0.29, 0.717) is 13.0 Å². The summed E-state index contributed by atoms with van der Waals surface area (Å²) >= 11 is 0. The Balaban J connectivity index is 2.04. The zero-order valence-corrected chi connectivity index (χ0v) is 10.8. The first-order valence-corrected chi connectivity index (χ1v) is 6.13. The molecule has 0 aliphatic carbocycles. The van der Waals surface area contributed by atoms with Crippen LogP contribution in [-0.4, -0.2) is 18.4 Å². The number of hydrogen-bond acceptors (Lipinski definition) is 2. The zero-order chi connectivity index (χ0) is 13.8. The molecule has 4 heteroatoms. The van der Waals surface area contributed by atoms with E-state index in [1.807, 2.05) is 6.07 Å². The van der Waals surface area contributed by atoms with E-state index in [0.717, 1.165) is 5.56 Å². The number of nitrogens with two attached hydrogens (primary N) is 1. The lowest BCUT2D eigenvalue weighted by Crippen LogP contribution is -2.37. The van der Waals surface area contributed by atoms with E-state index in [1.165, 1.54) is 16.3 Å². The van der Waals surface area contributed by atoms with E-state index in [1.54, 1.807) is 0 Å². The molecule has 4 nitrogen and oxygen atoms in total. The van der Waals surface area contributed by atoms with Crippen LogP contribution >= 0.6 is 0 Å². The smallest absolute Gasteiger partial charge is 0.309 e. The van der Waals surface area contributed by atoms with Gasteiger partial charge >= 0.3 is 11.8 Å². The number of amides is 2. The number of aryl methyl sites for hydroxylation is 1. The molecule has 0 unspecified atom stereocenters. The minimum Gasteiger partial charge on any atom is -0.361 e. The molecule has 0 radical (unpaired) electrons. The fourth-order valence-corrected chi connectivity index (χ4v) is 1.98. The molecule has 0 aromatic heterocycles. The van der Waals surface area contributed by atoms with E-state index < -0.39 is 11.8 Å². The Morgan fingerprint density at radius 2 is 1.79 bits per heavy atom. The van der Waals surface area contributed by atoms with Crippen molar-refractivity contribution in [2.24, 2.45) is 5.73 Å². The summed E-state index contributed by atoms with van der Waals surface area (Å²) in [6.07, 6.45) is 0.669. The first kappa shape index (κ1) is 13.1. The minimum atomic E-state index is -0.950. The van der Waals surface area contributed by atoms with Crippen LogP contribution in [0.15, 0.2) is 36.4 Å². The Morgan fingerprint density at radius 1 is 1.11 bits per heavy atom. The van der Waals surface area contributed by atoms with Crippen LogP contribution in [0.1, 0.15) is 11.1 Å². The van der Waals surface area contributed by atoms with Crippen molar-refractivity contribution >= 4 is 22.6 Å². The molecule has 2 aromatic rings. The van der Waals surface area contributed by atoms with Crippen molar-refractivity contribution in [1.82, 2.24) is 5.32 Å². The highest BCUT2D eigenvalue weighted by Gasteiger charge is 2.06. The van der Waals surface area contributed by atoms with Gasteiger partial charge in [-0.05, 0) is 29.7 Å². The van der Waals surface area contributed by atoms with E-state index in [2.05, 4.69) is 42.6 Å². The molecule has 0 saturated heterocycles. The summed E-state index contributed by atoms with van der Waals surface area (Å²) in [5.41, 5.74) is 7.20. The molecule has 0 atom stereocenters. The fourth-order valence-electron chi connectivity index (χ4n) is 1.98. The normalized spacial score (nSPS) is 10.4. The van der Waals surface area contributed by atoms with Gasteiger partial charge in [0.15, 0.2) is 0 Å². The number of carbonyl (C=O) groups excluding carboxylic acids is 2. The molecule has 0 aliphatic heterocycles. The predicted octanol–water partition coefficient (Wildman–Crippen LogP) is 1.29. The van der Waals surface area contributed by atoms with Crippen LogP contribution in [0, 0.1) is 6.92 Å². The second-order valence-electron chi connectivity index (χ2n) is 4.56. The molecule has 0 bridgehead atoms. The maximum absolute atomic E-state index is 11.0. The minimum absolute atomic E-state index is 0.402. The monoisotopic (exact) mass is 256 g/mol. The largest absolute Gasteiger partial charge is 0.361 e. The number of carbonyl (C=O) groups is 2. The van der Waals surface area contributed by atoms with Gasteiger partial charge in [0.25, 0.3) is 0 Å². The van der Waals surface area contributed by atoms with Gasteiger partial charge in [0.05, 0.1) is 0 Å². The second-order valence-corrected chi connectivity index (χ2v) is 4.56. The maximum Gasteiger partial charge on any atom is 0.309 e. The lowest BCUT2D eigenvalue weighted by molar-refractivity contribution is -0.137. The third-order valence-corrected chi connectivity index (χ3v) is 2.98. The molecule has 3 N–H and O–H groups in total. The van der Waals surface area contributed by atoms with Gasteiger partial charge in [-0.15, -0.1) is 0 Å². The number of primary amides is 1. The summed E-state index contributed by atoms with van der Waals surface area (Å²) in [6.45, 7) is 2.46. The van der Waals surface area contributed by atoms with Crippen molar-refractivity contribution in [3.05, 3.63) is 47.5 Å². The summed E-state index contributed by atoms with van der Waals surface area (Å²) in [5, 5.41) is 4.84. The Labute approximate surface area is 111 Å². The van der Waals surface area contributed by atoms with Crippen LogP contribution in [0.3, 0.4) is 0 Å². The van der Waals surface area contributed by atoms with Crippen molar-refractivity contribution < 1.29 is 9.59 Å². The van der Waals surface area contributed by atoms with E-state index in [9.17, 15) is 9.59 Å². The van der Waals surface area contributed by atoms with Crippen LogP contribution < -0.4 is 11.1 Å². The molecule has 2 amide bonds. The predicted molar refractivity (Wildman–Crippen MR) is 74.6 cm³/mol. The molecule has 0 spiro atoms. The van der Waals surface area contributed by atoms with E-state index in [4.69, 9.17) is 5.73 Å². The number of fused-ring (bicyclic) bond motifs is 1. The van der Waals surface area contributed by atoms with Gasteiger partial charge in [-0.2, -0.15) is 0 Å². The number of nitrogens with one attached hydrogen (secondary N) is 1. The van der Waals surface area contributed by atoms with Crippen LogP contribution in [-0.2, 0) is 16.0 Å². The summed E-state index contributed by atoms with van der Waals surface area (Å²) in [7, 11) is 0. The zero-order valence-electron chi connectivity index (χ0n) is 10.8. The van der Waals surface area contributed by atoms with Crippen LogP contribution in [0.25, 0.3) is 10.8 Å². The Bertz CT molecular complexity index is 635. The third-order valence-electron chi connectivity index (χ3n) is 2.98. The van der Waals surface area contributed by atoms with Gasteiger partial charge in [0, 0.05) is 6.54 Å². The van der Waals surface area contributed by atoms with E-state index >= 15 is 0 Å². The van der Waals surface area contributed by atoms with Gasteiger partial charge in [0.1, 0.15) is 0 Å². The summed E-state index contributed by atoms with van der Waals surface area (Å²) in [6, 6.07) is 12.5. The Morgan fingerprint density at radius 3 is 2.53 bits per heavy atom. The molecule has 0 aliphatic rings. The van der Waals surface area contributed by atoms with Gasteiger partial charge in [0.2, 0.25) is 0 Å². The molecule has 2 rings (SSSR count). The van der Waals surface area contributed by atoms with Crippen molar-refractivity contribution in [3.63, 3.8) is 0 Å². The molecule has 2 aromatic carbocycles. The maximum atomic E-state index is 11.0. The molecule has 0 saturated carbocycles. The molecule has 0 heterocycles. The highest BCUT2D eigenvalue weighted by Crippen LogP contribution is 2.17. The number of rotatable bonds is 3. The topological polar surface area (TPSA) is 72.2 Å². The van der Waals surface area contributed by atoms with Crippen LogP contribution in [0.4, 0.5) is 0 Å². The SMILES string of the molecule is Cc1ccc2cc(CCNC(=O)C(N)=O)ccc2c1. The Hall–Kier alpha value is -2.36. The summed E-state index contributed by atoms with van der Waals surface area (Å²) in [5.74, 6) is -1.69. The fraction of sp³-hybridized carbons (Fsp3) is 0.200. The highest BCUT2D eigenvalue weighted by atomic mass is 16.2. The van der Waals surface area contributed by atoms with Gasteiger partial charge < -0.3 is 11.1 Å². The lowest BCUT2D eigenvalue weighted by Gasteiger charge is -2.05. The van der Waals surface area contributed by atoms with Crippen molar-refractivity contribution in [2.75, 3.05) is 6.54 Å². The van der Waals surface area contributed by atoms with Gasteiger partial charge in [-0.25, -0.2) is 0 Å². The van der Waals surface area contributed by atoms with Crippen LogP contribution in [0.2, 0.25) is 0 Å². The molecule has 19 heavy (non-hydrogen) atoms.